The zero-order chi connectivity index (χ0) is 8.39. The van der Waals surface area contributed by atoms with Gasteiger partial charge in [-0.3, -0.25) is 0 Å². The molecule has 12 heavy (non-hydrogen) atoms. The van der Waals surface area contributed by atoms with Crippen LogP contribution in [0, 0.1) is 0 Å². The van der Waals surface area contributed by atoms with Crippen molar-refractivity contribution in [2.24, 2.45) is 0 Å². The van der Waals surface area contributed by atoms with Gasteiger partial charge < -0.3 is 9.52 Å². The number of furan rings is 1. The Labute approximate surface area is 70.1 Å². The van der Waals surface area contributed by atoms with Crippen molar-refractivity contribution in [3.8, 4) is 17.1 Å². The van der Waals surface area contributed by atoms with E-state index in [-0.39, 0.29) is 5.75 Å². The lowest BCUT2D eigenvalue weighted by atomic mass is 10.2. The largest absolute Gasteiger partial charge is 0.504 e. The Kier molecular flexibility index (Phi) is 1.59. The molecule has 2 nitrogen and oxygen atoms in total. The minimum absolute atomic E-state index is 0.182. The fraction of sp³-hybridized carbons (Fsp3) is 0. The Morgan fingerprint density at radius 3 is 2.33 bits per heavy atom. The van der Waals surface area contributed by atoms with E-state index >= 15 is 0 Å². The van der Waals surface area contributed by atoms with E-state index < -0.39 is 0 Å². The summed E-state index contributed by atoms with van der Waals surface area (Å²) in [7, 11) is 0. The summed E-state index contributed by atoms with van der Waals surface area (Å²) in [5.41, 5.74) is 0.889. The molecule has 1 aromatic heterocycles. The van der Waals surface area contributed by atoms with Crippen LogP contribution in [0.15, 0.2) is 47.1 Å². The summed E-state index contributed by atoms with van der Waals surface area (Å²) in [5.74, 6) is 0.705. The van der Waals surface area contributed by atoms with Gasteiger partial charge >= 0.3 is 0 Å². The molecule has 0 unspecified atom stereocenters. The SMILES string of the molecule is Oc1ccoc1-c1ccccc1. The van der Waals surface area contributed by atoms with Crippen LogP contribution >= 0.6 is 0 Å². The van der Waals surface area contributed by atoms with Gasteiger partial charge in [0.2, 0.25) is 0 Å². The van der Waals surface area contributed by atoms with Gasteiger partial charge in [0.25, 0.3) is 0 Å². The van der Waals surface area contributed by atoms with Crippen molar-refractivity contribution in [1.82, 2.24) is 0 Å². The van der Waals surface area contributed by atoms with Gasteiger partial charge in [-0.2, -0.15) is 0 Å². The lowest BCUT2D eigenvalue weighted by Gasteiger charge is -1.95. The van der Waals surface area contributed by atoms with Crippen LogP contribution in [0.25, 0.3) is 11.3 Å². The summed E-state index contributed by atoms with van der Waals surface area (Å²) >= 11 is 0. The standard InChI is InChI=1S/C10H8O2/c11-9-6-7-12-10(9)8-4-2-1-3-5-8/h1-7,11H. The van der Waals surface area contributed by atoms with Crippen LogP contribution in [0.5, 0.6) is 5.75 Å². The molecular weight excluding hydrogens is 152 g/mol. The molecule has 2 rings (SSSR count). The summed E-state index contributed by atoms with van der Waals surface area (Å²) in [6, 6.07) is 11.0. The van der Waals surface area contributed by atoms with Crippen LogP contribution in [0.4, 0.5) is 0 Å². The van der Waals surface area contributed by atoms with Crippen molar-refractivity contribution in [2.45, 2.75) is 0 Å². The normalized spacial score (nSPS) is 10.0. The van der Waals surface area contributed by atoms with E-state index in [1.54, 1.807) is 0 Å². The third kappa shape index (κ3) is 1.07. The molecule has 0 bridgehead atoms. The van der Waals surface area contributed by atoms with Crippen LogP contribution in [0.1, 0.15) is 0 Å². The molecule has 0 amide bonds. The first-order valence-electron chi connectivity index (χ1n) is 3.70. The maximum absolute atomic E-state index is 9.31. The molecule has 0 aliphatic heterocycles. The fourth-order valence-electron chi connectivity index (χ4n) is 1.11. The Morgan fingerprint density at radius 1 is 1.00 bits per heavy atom. The monoisotopic (exact) mass is 160 g/mol. The highest BCUT2D eigenvalue weighted by molar-refractivity contribution is 5.63. The second-order valence-electron chi connectivity index (χ2n) is 2.50. The molecule has 0 fully saturated rings. The molecule has 0 aliphatic rings. The van der Waals surface area contributed by atoms with Crippen LogP contribution in [-0.4, -0.2) is 5.11 Å². The quantitative estimate of drug-likeness (QED) is 0.695. The third-order valence-corrected chi connectivity index (χ3v) is 1.68. The molecule has 0 saturated carbocycles. The molecule has 1 heterocycles. The van der Waals surface area contributed by atoms with E-state index in [9.17, 15) is 5.11 Å². The summed E-state index contributed by atoms with van der Waals surface area (Å²) in [6.45, 7) is 0. The van der Waals surface area contributed by atoms with E-state index in [1.807, 2.05) is 30.3 Å². The van der Waals surface area contributed by atoms with Crippen LogP contribution in [-0.2, 0) is 0 Å². The van der Waals surface area contributed by atoms with Crippen molar-refractivity contribution in [3.63, 3.8) is 0 Å². The first-order valence-corrected chi connectivity index (χ1v) is 3.70. The Balaban J connectivity index is 2.51. The second-order valence-corrected chi connectivity index (χ2v) is 2.50. The molecule has 2 aromatic rings. The van der Waals surface area contributed by atoms with Gasteiger partial charge in [0.1, 0.15) is 0 Å². The summed E-state index contributed by atoms with van der Waals surface area (Å²) < 4.78 is 5.10. The average molecular weight is 160 g/mol. The number of hydrogen-bond acceptors (Lipinski definition) is 2. The minimum atomic E-state index is 0.182. The van der Waals surface area contributed by atoms with Gasteiger partial charge in [0.15, 0.2) is 11.5 Å². The van der Waals surface area contributed by atoms with Crippen molar-refractivity contribution in [2.75, 3.05) is 0 Å². The summed E-state index contributed by atoms with van der Waals surface area (Å²) in [5, 5.41) is 9.31. The van der Waals surface area contributed by atoms with E-state index in [0.29, 0.717) is 5.76 Å². The Hall–Kier alpha value is -1.70. The molecule has 0 atom stereocenters. The average Bonchev–Trinajstić information content (AvgIpc) is 2.53. The van der Waals surface area contributed by atoms with E-state index in [4.69, 9.17) is 4.42 Å². The molecule has 2 heteroatoms. The van der Waals surface area contributed by atoms with Gasteiger partial charge in [-0.05, 0) is 0 Å². The van der Waals surface area contributed by atoms with Crippen LogP contribution < -0.4 is 0 Å². The number of hydrogen-bond donors (Lipinski definition) is 1. The number of benzene rings is 1. The zero-order valence-electron chi connectivity index (χ0n) is 6.40. The molecule has 60 valence electrons. The van der Waals surface area contributed by atoms with Crippen molar-refractivity contribution >= 4 is 0 Å². The molecule has 0 spiro atoms. The fourth-order valence-corrected chi connectivity index (χ4v) is 1.11. The highest BCUT2D eigenvalue weighted by Crippen LogP contribution is 2.29. The predicted molar refractivity (Wildman–Crippen MR) is 45.8 cm³/mol. The van der Waals surface area contributed by atoms with E-state index in [2.05, 4.69) is 0 Å². The first kappa shape index (κ1) is 6.98. The highest BCUT2D eigenvalue weighted by atomic mass is 16.4. The van der Waals surface area contributed by atoms with Gasteiger partial charge in [-0.1, -0.05) is 30.3 Å². The summed E-state index contributed by atoms with van der Waals surface area (Å²) in [6.07, 6.45) is 1.47. The number of aromatic hydroxyl groups is 1. The topological polar surface area (TPSA) is 33.4 Å². The molecule has 0 radical (unpaired) electrons. The van der Waals surface area contributed by atoms with Crippen molar-refractivity contribution < 1.29 is 9.52 Å². The second kappa shape index (κ2) is 2.74. The lowest BCUT2D eigenvalue weighted by Crippen LogP contribution is -1.71. The third-order valence-electron chi connectivity index (χ3n) is 1.68. The molecule has 0 saturated heterocycles. The smallest absolute Gasteiger partial charge is 0.175 e. The molecule has 1 aromatic carbocycles. The Bertz CT molecular complexity index is 362. The Morgan fingerprint density at radius 2 is 1.75 bits per heavy atom. The maximum atomic E-state index is 9.31. The van der Waals surface area contributed by atoms with Crippen LogP contribution in [0.3, 0.4) is 0 Å². The predicted octanol–water partition coefficient (Wildman–Crippen LogP) is 2.65. The molecule has 1 N–H and O–H groups in total. The molecule has 0 aliphatic carbocycles. The number of rotatable bonds is 1. The lowest BCUT2D eigenvalue weighted by molar-refractivity contribution is 0.465. The first-order chi connectivity index (χ1) is 5.88. The van der Waals surface area contributed by atoms with Crippen molar-refractivity contribution in [1.29, 1.82) is 0 Å². The van der Waals surface area contributed by atoms with Gasteiger partial charge in [-0.25, -0.2) is 0 Å². The summed E-state index contributed by atoms with van der Waals surface area (Å²) in [4.78, 5) is 0. The van der Waals surface area contributed by atoms with E-state index in [1.165, 1.54) is 12.3 Å². The maximum Gasteiger partial charge on any atom is 0.175 e. The zero-order valence-corrected chi connectivity index (χ0v) is 6.40. The molecular formula is C10H8O2. The van der Waals surface area contributed by atoms with Crippen molar-refractivity contribution in [3.05, 3.63) is 42.7 Å². The van der Waals surface area contributed by atoms with Gasteiger partial charge in [0.05, 0.1) is 6.26 Å². The van der Waals surface area contributed by atoms with Gasteiger partial charge in [-0.15, -0.1) is 0 Å². The highest BCUT2D eigenvalue weighted by Gasteiger charge is 2.05. The van der Waals surface area contributed by atoms with Crippen LogP contribution in [0.2, 0.25) is 0 Å². The van der Waals surface area contributed by atoms with E-state index in [0.717, 1.165) is 5.56 Å². The minimum Gasteiger partial charge on any atom is -0.504 e. The van der Waals surface area contributed by atoms with Gasteiger partial charge in [0, 0.05) is 11.6 Å².